The fourth-order valence-electron chi connectivity index (χ4n) is 2.28. The van der Waals surface area contributed by atoms with Crippen molar-refractivity contribution in [3.63, 3.8) is 0 Å². The van der Waals surface area contributed by atoms with Crippen LogP contribution in [0.25, 0.3) is 10.8 Å². The van der Waals surface area contributed by atoms with Gasteiger partial charge in [0.05, 0.1) is 10.9 Å². The second kappa shape index (κ2) is 6.42. The highest BCUT2D eigenvalue weighted by Gasteiger charge is 2.19. The largest absolute Gasteiger partial charge is 0.418 e. The average molecular weight is 313 g/mol. The van der Waals surface area contributed by atoms with E-state index in [2.05, 4.69) is 60.3 Å². The van der Waals surface area contributed by atoms with Gasteiger partial charge in [-0.15, -0.1) is 21.5 Å². The molecular weight excluding hydrogens is 294 g/mol. The zero-order valence-electron chi connectivity index (χ0n) is 13.0. The van der Waals surface area contributed by atoms with Gasteiger partial charge in [0.25, 0.3) is 5.89 Å². The first-order valence-corrected chi connectivity index (χ1v) is 8.15. The lowest BCUT2D eigenvalue weighted by atomic mass is 10.1. The lowest BCUT2D eigenvalue weighted by Gasteiger charge is -2.22. The number of aromatic nitrogens is 2. The van der Waals surface area contributed by atoms with Gasteiger partial charge in [-0.3, -0.25) is 4.90 Å². The van der Waals surface area contributed by atoms with Crippen molar-refractivity contribution in [2.75, 3.05) is 7.05 Å². The smallest absolute Gasteiger partial charge is 0.257 e. The Hall–Kier alpha value is -1.98. The first-order valence-electron chi connectivity index (χ1n) is 7.27. The molecule has 0 saturated carbocycles. The second-order valence-corrected chi connectivity index (χ2v) is 6.39. The summed E-state index contributed by atoms with van der Waals surface area (Å²) in [5.74, 6) is 1.25. The number of benzene rings is 1. The highest BCUT2D eigenvalue weighted by molar-refractivity contribution is 7.13. The van der Waals surface area contributed by atoms with Crippen molar-refractivity contribution in [3.8, 4) is 10.8 Å². The van der Waals surface area contributed by atoms with Gasteiger partial charge in [0.2, 0.25) is 5.89 Å². The van der Waals surface area contributed by atoms with E-state index in [4.69, 9.17) is 4.42 Å². The molecule has 0 amide bonds. The van der Waals surface area contributed by atoms with E-state index in [-0.39, 0.29) is 6.04 Å². The van der Waals surface area contributed by atoms with E-state index >= 15 is 0 Å². The summed E-state index contributed by atoms with van der Waals surface area (Å²) < 4.78 is 5.83. The molecule has 0 saturated heterocycles. The van der Waals surface area contributed by atoms with Crippen LogP contribution >= 0.6 is 11.3 Å². The fourth-order valence-corrected chi connectivity index (χ4v) is 2.93. The molecule has 0 aliphatic heterocycles. The normalized spacial score (nSPS) is 12.7. The molecule has 0 aliphatic rings. The summed E-state index contributed by atoms with van der Waals surface area (Å²) in [5, 5.41) is 10.4. The lowest BCUT2D eigenvalue weighted by Crippen LogP contribution is -2.22. The Balaban J connectivity index is 1.73. The molecule has 0 spiro atoms. The predicted molar refractivity (Wildman–Crippen MR) is 88.7 cm³/mol. The Kier molecular flexibility index (Phi) is 4.36. The molecule has 2 heterocycles. The summed E-state index contributed by atoms with van der Waals surface area (Å²) in [4.78, 5) is 3.22. The third-order valence-corrected chi connectivity index (χ3v) is 4.73. The molecule has 5 heteroatoms. The number of thiophene rings is 1. The van der Waals surface area contributed by atoms with E-state index < -0.39 is 0 Å². The molecule has 3 rings (SSSR count). The molecule has 2 aromatic heterocycles. The molecule has 3 aromatic rings. The zero-order valence-corrected chi connectivity index (χ0v) is 13.8. The van der Waals surface area contributed by atoms with Crippen LogP contribution in [0.1, 0.15) is 30.0 Å². The molecule has 1 atom stereocenters. The Morgan fingerprint density at radius 3 is 2.73 bits per heavy atom. The summed E-state index contributed by atoms with van der Waals surface area (Å²) in [6, 6.07) is 12.5. The van der Waals surface area contributed by atoms with Crippen molar-refractivity contribution in [1.29, 1.82) is 0 Å². The van der Waals surface area contributed by atoms with Crippen LogP contribution in [0.4, 0.5) is 0 Å². The highest BCUT2D eigenvalue weighted by atomic mass is 32.1. The highest BCUT2D eigenvalue weighted by Crippen LogP contribution is 2.27. The van der Waals surface area contributed by atoms with Crippen LogP contribution in [0.3, 0.4) is 0 Å². The number of hydrogen-bond donors (Lipinski definition) is 0. The summed E-state index contributed by atoms with van der Waals surface area (Å²) in [5.41, 5.74) is 2.61. The van der Waals surface area contributed by atoms with Gasteiger partial charge >= 0.3 is 0 Å². The van der Waals surface area contributed by atoms with E-state index in [1.54, 1.807) is 11.3 Å². The third kappa shape index (κ3) is 3.10. The van der Waals surface area contributed by atoms with Crippen LogP contribution in [0.5, 0.6) is 0 Å². The van der Waals surface area contributed by atoms with Gasteiger partial charge in [-0.05, 0) is 43.5 Å². The Morgan fingerprint density at radius 1 is 1.18 bits per heavy atom. The quantitative estimate of drug-likeness (QED) is 0.704. The topological polar surface area (TPSA) is 42.2 Å². The maximum absolute atomic E-state index is 5.83. The maximum atomic E-state index is 5.83. The van der Waals surface area contributed by atoms with Gasteiger partial charge in [-0.2, -0.15) is 0 Å². The summed E-state index contributed by atoms with van der Waals surface area (Å²) in [7, 11) is 2.08. The summed E-state index contributed by atoms with van der Waals surface area (Å²) >= 11 is 1.60. The average Bonchev–Trinajstić information content (AvgIpc) is 3.19. The fraction of sp³-hybridized carbons (Fsp3) is 0.294. The minimum atomic E-state index is 0.0702. The van der Waals surface area contributed by atoms with Crippen LogP contribution in [0.15, 0.2) is 46.2 Å². The van der Waals surface area contributed by atoms with Gasteiger partial charge in [0.15, 0.2) is 0 Å². The van der Waals surface area contributed by atoms with Gasteiger partial charge in [0.1, 0.15) is 0 Å². The summed E-state index contributed by atoms with van der Waals surface area (Å²) in [6.45, 7) is 5.07. The Morgan fingerprint density at radius 2 is 2.00 bits per heavy atom. The third-order valence-electron chi connectivity index (χ3n) is 3.87. The molecule has 1 aromatic carbocycles. The molecule has 22 heavy (non-hydrogen) atoms. The van der Waals surface area contributed by atoms with Gasteiger partial charge in [-0.1, -0.05) is 30.3 Å². The molecule has 0 fully saturated rings. The van der Waals surface area contributed by atoms with Crippen molar-refractivity contribution in [2.24, 2.45) is 0 Å². The predicted octanol–water partition coefficient (Wildman–Crippen LogP) is 4.30. The Bertz CT molecular complexity index is 736. The van der Waals surface area contributed by atoms with Crippen molar-refractivity contribution in [1.82, 2.24) is 15.1 Å². The van der Waals surface area contributed by atoms with Crippen molar-refractivity contribution in [3.05, 3.63) is 58.8 Å². The van der Waals surface area contributed by atoms with Gasteiger partial charge < -0.3 is 4.42 Å². The van der Waals surface area contributed by atoms with E-state index in [0.717, 1.165) is 11.4 Å². The minimum absolute atomic E-state index is 0.0702. The molecule has 0 N–H and O–H groups in total. The number of nitrogens with zero attached hydrogens (tertiary/aromatic N) is 3. The molecule has 1 unspecified atom stereocenters. The standard InChI is InChI=1S/C17H19N3OS/c1-12-7-4-5-8-14(12)11-20(3)13(2)16-18-19-17(21-16)15-9-6-10-22-15/h4-10,13H,11H2,1-3H3. The van der Waals surface area contributed by atoms with Crippen molar-refractivity contribution >= 4 is 11.3 Å². The number of hydrogen-bond acceptors (Lipinski definition) is 5. The molecule has 4 nitrogen and oxygen atoms in total. The van der Waals surface area contributed by atoms with Crippen molar-refractivity contribution < 1.29 is 4.42 Å². The van der Waals surface area contributed by atoms with Crippen LogP contribution in [0, 0.1) is 6.92 Å². The van der Waals surface area contributed by atoms with Crippen LogP contribution in [-0.2, 0) is 6.54 Å². The van der Waals surface area contributed by atoms with E-state index in [9.17, 15) is 0 Å². The van der Waals surface area contributed by atoms with E-state index in [1.165, 1.54) is 11.1 Å². The molecule has 0 bridgehead atoms. The number of aryl methyl sites for hydroxylation is 1. The monoisotopic (exact) mass is 313 g/mol. The lowest BCUT2D eigenvalue weighted by molar-refractivity contribution is 0.217. The summed E-state index contributed by atoms with van der Waals surface area (Å²) in [6.07, 6.45) is 0. The van der Waals surface area contributed by atoms with Gasteiger partial charge in [-0.25, -0.2) is 0 Å². The molecule has 114 valence electrons. The van der Waals surface area contributed by atoms with Crippen molar-refractivity contribution in [2.45, 2.75) is 26.4 Å². The van der Waals surface area contributed by atoms with E-state index in [1.807, 2.05) is 17.5 Å². The maximum Gasteiger partial charge on any atom is 0.257 e. The van der Waals surface area contributed by atoms with Gasteiger partial charge in [0, 0.05) is 6.54 Å². The minimum Gasteiger partial charge on any atom is -0.418 e. The van der Waals surface area contributed by atoms with E-state index in [0.29, 0.717) is 11.8 Å². The first-order chi connectivity index (χ1) is 10.6. The molecule has 0 radical (unpaired) electrons. The second-order valence-electron chi connectivity index (χ2n) is 5.44. The number of rotatable bonds is 5. The van der Waals surface area contributed by atoms with Crippen LogP contribution in [0.2, 0.25) is 0 Å². The van der Waals surface area contributed by atoms with Crippen LogP contribution in [-0.4, -0.2) is 22.1 Å². The molecule has 0 aliphatic carbocycles. The Labute approximate surface area is 134 Å². The van der Waals surface area contributed by atoms with Crippen LogP contribution < -0.4 is 0 Å². The zero-order chi connectivity index (χ0) is 15.5. The first kappa shape index (κ1) is 14.9. The SMILES string of the molecule is Cc1ccccc1CN(C)C(C)c1nnc(-c2cccs2)o1. The molecular formula is C17H19N3OS.